The van der Waals surface area contributed by atoms with E-state index in [2.05, 4.69) is 63.1 Å². The van der Waals surface area contributed by atoms with Crippen molar-refractivity contribution in [1.82, 2.24) is 9.97 Å². The van der Waals surface area contributed by atoms with Crippen molar-refractivity contribution >= 4 is 40.0 Å². The van der Waals surface area contributed by atoms with Crippen LogP contribution in [0.4, 0.5) is 17.5 Å². The average Bonchev–Trinajstić information content (AvgIpc) is 3.39. The first kappa shape index (κ1) is 17.4. The minimum absolute atomic E-state index is 0.0517. The molecule has 1 heterocycles. The van der Waals surface area contributed by atoms with Crippen LogP contribution in [0.2, 0.25) is 0 Å². The van der Waals surface area contributed by atoms with E-state index in [9.17, 15) is 5.11 Å². The average molecular weight is 438 g/mol. The fourth-order valence-corrected chi connectivity index (χ4v) is 2.99. The van der Waals surface area contributed by atoms with E-state index in [1.165, 1.54) is 12.8 Å². The number of rotatable bonds is 7. The van der Waals surface area contributed by atoms with Crippen molar-refractivity contribution in [1.29, 1.82) is 0 Å². The topological polar surface area (TPSA) is 70.1 Å². The van der Waals surface area contributed by atoms with E-state index in [0.29, 0.717) is 17.8 Å². The van der Waals surface area contributed by atoms with Gasteiger partial charge < -0.3 is 15.7 Å². The molecule has 3 N–H and O–H groups in total. The number of aliphatic hydroxyl groups is 1. The second-order valence-electron chi connectivity index (χ2n) is 6.56. The van der Waals surface area contributed by atoms with Crippen LogP contribution in [0, 0.1) is 9.49 Å². The first-order chi connectivity index (χ1) is 11.6. The van der Waals surface area contributed by atoms with Gasteiger partial charge in [0.1, 0.15) is 5.82 Å². The molecule has 24 heavy (non-hydrogen) atoms. The summed E-state index contributed by atoms with van der Waals surface area (Å²) in [4.78, 5) is 9.26. The number of benzene rings is 1. The first-order valence-corrected chi connectivity index (χ1v) is 9.42. The smallest absolute Gasteiger partial charge is 0.225 e. The molecule has 0 amide bonds. The maximum Gasteiger partial charge on any atom is 0.225 e. The van der Waals surface area contributed by atoms with Gasteiger partial charge in [0.25, 0.3) is 0 Å². The first-order valence-electron chi connectivity index (χ1n) is 8.34. The summed E-state index contributed by atoms with van der Waals surface area (Å²) < 4.78 is 1.15. The quantitative estimate of drug-likeness (QED) is 0.568. The van der Waals surface area contributed by atoms with Crippen LogP contribution in [-0.4, -0.2) is 27.7 Å². The summed E-state index contributed by atoms with van der Waals surface area (Å²) in [5.41, 5.74) is 2.11. The van der Waals surface area contributed by atoms with E-state index in [1.54, 1.807) is 0 Å². The third-order valence-corrected chi connectivity index (χ3v) is 5.13. The Hall–Kier alpha value is -1.41. The summed E-state index contributed by atoms with van der Waals surface area (Å²) in [6.07, 6.45) is 2.37. The summed E-state index contributed by atoms with van der Waals surface area (Å²) in [6, 6.07) is 10.1. The lowest BCUT2D eigenvalue weighted by molar-refractivity contribution is 0.248. The van der Waals surface area contributed by atoms with Gasteiger partial charge in [-0.05, 0) is 53.5 Å². The normalized spacial score (nSPS) is 15.4. The molecule has 6 heteroatoms. The maximum atomic E-state index is 9.55. The van der Waals surface area contributed by atoms with Gasteiger partial charge in [-0.3, -0.25) is 0 Å². The van der Waals surface area contributed by atoms with Gasteiger partial charge >= 0.3 is 0 Å². The van der Waals surface area contributed by atoms with Gasteiger partial charge in [-0.1, -0.05) is 26.0 Å². The fraction of sp³-hybridized carbons (Fsp3) is 0.444. The molecule has 2 aromatic rings. The minimum atomic E-state index is -0.0517. The third kappa shape index (κ3) is 4.36. The monoisotopic (exact) mass is 438 g/mol. The molecule has 5 nitrogen and oxygen atoms in total. The van der Waals surface area contributed by atoms with Crippen molar-refractivity contribution < 1.29 is 5.11 Å². The summed E-state index contributed by atoms with van der Waals surface area (Å²) in [5.74, 6) is 2.21. The van der Waals surface area contributed by atoms with Gasteiger partial charge in [0, 0.05) is 15.6 Å². The van der Waals surface area contributed by atoms with Crippen molar-refractivity contribution in [2.24, 2.45) is 5.92 Å². The van der Waals surface area contributed by atoms with Crippen LogP contribution >= 0.6 is 22.6 Å². The highest BCUT2D eigenvalue weighted by Gasteiger charge is 2.26. The summed E-state index contributed by atoms with van der Waals surface area (Å²) in [7, 11) is 0. The Morgan fingerprint density at radius 1 is 1.25 bits per heavy atom. The van der Waals surface area contributed by atoms with Gasteiger partial charge in [-0.25, -0.2) is 4.98 Å². The summed E-state index contributed by atoms with van der Waals surface area (Å²) >= 11 is 2.31. The summed E-state index contributed by atoms with van der Waals surface area (Å²) in [6.45, 7) is 4.21. The molecule has 1 atom stereocenters. The standard InChI is InChI=1S/C18H23IN4O/c1-11(2)16(10-24)22-18-21-15(12-7-8-12)9-17(23-18)20-14-6-4-3-5-13(14)19/h3-6,9,11-12,16,24H,7-8,10H2,1-2H3,(H2,20,21,22,23)/t16-/m0/s1. The second kappa shape index (κ2) is 7.65. The van der Waals surface area contributed by atoms with Gasteiger partial charge in [0.15, 0.2) is 0 Å². The van der Waals surface area contributed by atoms with Gasteiger partial charge in [-0.15, -0.1) is 0 Å². The van der Waals surface area contributed by atoms with Crippen molar-refractivity contribution in [3.8, 4) is 0 Å². The lowest BCUT2D eigenvalue weighted by Gasteiger charge is -2.20. The van der Waals surface area contributed by atoms with Crippen LogP contribution in [0.3, 0.4) is 0 Å². The lowest BCUT2D eigenvalue weighted by atomic mass is 10.1. The molecule has 0 aliphatic heterocycles. The molecule has 1 fully saturated rings. The molecule has 0 spiro atoms. The number of halogens is 1. The number of anilines is 3. The zero-order chi connectivity index (χ0) is 17.1. The van der Waals surface area contributed by atoms with Crippen LogP contribution in [-0.2, 0) is 0 Å². The molecular weight excluding hydrogens is 415 g/mol. The lowest BCUT2D eigenvalue weighted by Crippen LogP contribution is -2.30. The van der Waals surface area contributed by atoms with Crippen molar-refractivity contribution in [3.05, 3.63) is 39.6 Å². The van der Waals surface area contributed by atoms with E-state index in [-0.39, 0.29) is 12.6 Å². The van der Waals surface area contributed by atoms with Gasteiger partial charge in [0.05, 0.1) is 24.0 Å². The molecule has 128 valence electrons. The third-order valence-electron chi connectivity index (χ3n) is 4.19. The number of aromatic nitrogens is 2. The maximum absolute atomic E-state index is 9.55. The Morgan fingerprint density at radius 2 is 2.00 bits per heavy atom. The van der Waals surface area contributed by atoms with E-state index in [0.717, 1.165) is 20.8 Å². The molecule has 3 rings (SSSR count). The molecule has 0 radical (unpaired) electrons. The molecule has 1 aliphatic rings. The van der Waals surface area contributed by atoms with E-state index < -0.39 is 0 Å². The number of para-hydroxylation sites is 1. The number of hydrogen-bond acceptors (Lipinski definition) is 5. The van der Waals surface area contributed by atoms with E-state index in [1.807, 2.05) is 24.3 Å². The Bertz CT molecular complexity index is 703. The van der Waals surface area contributed by atoms with Crippen LogP contribution in [0.15, 0.2) is 30.3 Å². The van der Waals surface area contributed by atoms with Crippen LogP contribution in [0.1, 0.15) is 38.3 Å². The molecule has 1 aliphatic carbocycles. The molecule has 1 saturated carbocycles. The van der Waals surface area contributed by atoms with Crippen molar-refractivity contribution in [3.63, 3.8) is 0 Å². The minimum Gasteiger partial charge on any atom is -0.394 e. The second-order valence-corrected chi connectivity index (χ2v) is 7.72. The number of nitrogens with one attached hydrogen (secondary N) is 2. The highest BCUT2D eigenvalue weighted by atomic mass is 127. The zero-order valence-corrected chi connectivity index (χ0v) is 16.1. The molecule has 0 bridgehead atoms. The molecule has 0 unspecified atom stereocenters. The predicted molar refractivity (Wildman–Crippen MR) is 106 cm³/mol. The molecular formula is C18H23IN4O. The highest BCUT2D eigenvalue weighted by Crippen LogP contribution is 2.40. The molecule has 0 saturated heterocycles. The zero-order valence-electron chi connectivity index (χ0n) is 14.0. The van der Waals surface area contributed by atoms with Crippen molar-refractivity contribution in [2.45, 2.75) is 38.6 Å². The predicted octanol–water partition coefficient (Wildman–Crippen LogP) is 4.13. The Labute approximate surface area is 156 Å². The number of hydrogen-bond donors (Lipinski definition) is 3. The SMILES string of the molecule is CC(C)[C@H](CO)Nc1nc(Nc2ccccc2I)cc(C2CC2)n1. The molecule has 1 aromatic carbocycles. The van der Waals surface area contributed by atoms with Gasteiger partial charge in [0.2, 0.25) is 5.95 Å². The fourth-order valence-electron chi connectivity index (χ4n) is 2.47. The van der Waals surface area contributed by atoms with Crippen molar-refractivity contribution in [2.75, 3.05) is 17.2 Å². The van der Waals surface area contributed by atoms with Gasteiger partial charge in [-0.2, -0.15) is 4.98 Å². The number of aliphatic hydroxyl groups excluding tert-OH is 1. The molecule has 1 aromatic heterocycles. The number of nitrogens with zero attached hydrogens (tertiary/aromatic N) is 2. The Kier molecular flexibility index (Phi) is 5.55. The van der Waals surface area contributed by atoms with E-state index >= 15 is 0 Å². The summed E-state index contributed by atoms with van der Waals surface area (Å²) in [5, 5.41) is 16.2. The van der Waals surface area contributed by atoms with E-state index in [4.69, 9.17) is 0 Å². The Balaban J connectivity index is 1.87. The Morgan fingerprint density at radius 3 is 2.62 bits per heavy atom. The largest absolute Gasteiger partial charge is 0.394 e. The van der Waals surface area contributed by atoms with Crippen LogP contribution in [0.25, 0.3) is 0 Å². The van der Waals surface area contributed by atoms with Crippen LogP contribution < -0.4 is 10.6 Å². The van der Waals surface area contributed by atoms with Crippen LogP contribution in [0.5, 0.6) is 0 Å². The highest BCUT2D eigenvalue weighted by molar-refractivity contribution is 14.1.